The number of benzene rings is 1. The fraction of sp³-hybridized carbons (Fsp3) is 0.583. The molecule has 1 aliphatic carbocycles. The SMILES string of the molecule is CC(C)(O)C#CC(O)N[C@H]1CC[C@@H](Oc2cc(N3CCOCC3)cc3nccnc23)CC1. The highest BCUT2D eigenvalue weighted by Crippen LogP contribution is 2.33. The average Bonchev–Trinajstić information content (AvgIpc) is 2.79. The highest BCUT2D eigenvalue weighted by molar-refractivity contribution is 5.85. The Balaban J connectivity index is 1.40. The molecule has 1 saturated heterocycles. The second-order valence-electron chi connectivity index (χ2n) is 8.96. The van der Waals surface area contributed by atoms with Crippen LogP contribution in [-0.4, -0.2) is 70.5 Å². The summed E-state index contributed by atoms with van der Waals surface area (Å²) in [5.74, 6) is 6.08. The maximum absolute atomic E-state index is 10.1. The van der Waals surface area contributed by atoms with Crippen LogP contribution < -0.4 is 15.0 Å². The predicted octanol–water partition coefficient (Wildman–Crippen LogP) is 1.84. The van der Waals surface area contributed by atoms with Gasteiger partial charge in [-0.3, -0.25) is 10.3 Å². The number of hydrogen-bond acceptors (Lipinski definition) is 8. The molecular formula is C24H32N4O4. The van der Waals surface area contributed by atoms with E-state index in [0.717, 1.165) is 74.5 Å². The van der Waals surface area contributed by atoms with E-state index in [-0.39, 0.29) is 12.1 Å². The van der Waals surface area contributed by atoms with E-state index in [1.807, 2.05) is 0 Å². The van der Waals surface area contributed by atoms with Crippen LogP contribution in [0.4, 0.5) is 5.69 Å². The Morgan fingerprint density at radius 3 is 2.59 bits per heavy atom. The van der Waals surface area contributed by atoms with Crippen LogP contribution in [0.2, 0.25) is 0 Å². The highest BCUT2D eigenvalue weighted by Gasteiger charge is 2.25. The second-order valence-corrected chi connectivity index (χ2v) is 8.96. The van der Waals surface area contributed by atoms with Gasteiger partial charge in [0.2, 0.25) is 0 Å². The number of aromatic nitrogens is 2. The average molecular weight is 441 g/mol. The fourth-order valence-electron chi connectivity index (χ4n) is 4.16. The van der Waals surface area contributed by atoms with Crippen LogP contribution in [0.5, 0.6) is 5.75 Å². The molecule has 0 bridgehead atoms. The van der Waals surface area contributed by atoms with Crippen LogP contribution in [0.1, 0.15) is 39.5 Å². The lowest BCUT2D eigenvalue weighted by molar-refractivity contribution is 0.113. The van der Waals surface area contributed by atoms with Crippen LogP contribution in [0.15, 0.2) is 24.5 Å². The third-order valence-electron chi connectivity index (χ3n) is 5.78. The smallest absolute Gasteiger partial charge is 0.168 e. The summed E-state index contributed by atoms with van der Waals surface area (Å²) >= 11 is 0. The zero-order valence-electron chi connectivity index (χ0n) is 18.8. The van der Waals surface area contributed by atoms with Gasteiger partial charge in [-0.25, -0.2) is 4.98 Å². The number of aliphatic hydroxyl groups excluding tert-OH is 1. The van der Waals surface area contributed by atoms with E-state index in [1.165, 1.54) is 0 Å². The van der Waals surface area contributed by atoms with Crippen molar-refractivity contribution >= 4 is 16.7 Å². The predicted molar refractivity (Wildman–Crippen MR) is 122 cm³/mol. The lowest BCUT2D eigenvalue weighted by atomic mass is 9.92. The van der Waals surface area contributed by atoms with Crippen molar-refractivity contribution in [3.63, 3.8) is 0 Å². The quantitative estimate of drug-likeness (QED) is 0.478. The van der Waals surface area contributed by atoms with E-state index in [9.17, 15) is 10.2 Å². The molecule has 1 atom stereocenters. The monoisotopic (exact) mass is 440 g/mol. The van der Waals surface area contributed by atoms with Crippen molar-refractivity contribution < 1.29 is 19.7 Å². The van der Waals surface area contributed by atoms with Gasteiger partial charge in [-0.1, -0.05) is 11.8 Å². The van der Waals surface area contributed by atoms with E-state index in [2.05, 4.69) is 44.2 Å². The van der Waals surface area contributed by atoms with Crippen molar-refractivity contribution in [3.8, 4) is 17.6 Å². The number of ether oxygens (including phenoxy) is 2. The van der Waals surface area contributed by atoms with E-state index in [0.29, 0.717) is 0 Å². The van der Waals surface area contributed by atoms with Gasteiger partial charge >= 0.3 is 0 Å². The van der Waals surface area contributed by atoms with Crippen molar-refractivity contribution in [3.05, 3.63) is 24.5 Å². The minimum Gasteiger partial charge on any atom is -0.488 e. The number of hydrogen-bond donors (Lipinski definition) is 3. The van der Waals surface area contributed by atoms with Crippen LogP contribution in [0.25, 0.3) is 11.0 Å². The van der Waals surface area contributed by atoms with E-state index >= 15 is 0 Å². The molecule has 2 heterocycles. The minimum atomic E-state index is -1.12. The molecule has 2 aromatic rings. The summed E-state index contributed by atoms with van der Waals surface area (Å²) in [5, 5.41) is 22.9. The molecular weight excluding hydrogens is 408 g/mol. The number of rotatable bonds is 5. The molecule has 1 unspecified atom stereocenters. The van der Waals surface area contributed by atoms with Crippen molar-refractivity contribution in [2.24, 2.45) is 0 Å². The van der Waals surface area contributed by atoms with Gasteiger partial charge in [0.05, 0.1) is 24.8 Å². The van der Waals surface area contributed by atoms with Gasteiger partial charge in [0.1, 0.15) is 16.9 Å². The van der Waals surface area contributed by atoms with Gasteiger partial charge in [-0.05, 0) is 45.6 Å². The van der Waals surface area contributed by atoms with Gasteiger partial charge < -0.3 is 24.6 Å². The Kier molecular flexibility index (Phi) is 7.11. The Morgan fingerprint density at radius 1 is 1.16 bits per heavy atom. The van der Waals surface area contributed by atoms with Crippen LogP contribution in [-0.2, 0) is 4.74 Å². The van der Waals surface area contributed by atoms with E-state index in [4.69, 9.17) is 9.47 Å². The summed E-state index contributed by atoms with van der Waals surface area (Å²) in [5.41, 5.74) is 1.58. The summed E-state index contributed by atoms with van der Waals surface area (Å²) < 4.78 is 11.9. The summed E-state index contributed by atoms with van der Waals surface area (Å²) in [6.45, 7) is 6.33. The van der Waals surface area contributed by atoms with E-state index in [1.54, 1.807) is 26.2 Å². The van der Waals surface area contributed by atoms with Gasteiger partial charge in [0, 0.05) is 43.3 Å². The first kappa shape index (κ1) is 22.7. The van der Waals surface area contributed by atoms with Gasteiger partial charge in [-0.2, -0.15) is 0 Å². The molecule has 1 aromatic heterocycles. The Morgan fingerprint density at radius 2 is 1.88 bits per heavy atom. The summed E-state index contributed by atoms with van der Waals surface area (Å²) in [6, 6.07) is 4.30. The van der Waals surface area contributed by atoms with Gasteiger partial charge in [0.15, 0.2) is 6.23 Å². The molecule has 2 fully saturated rings. The molecule has 1 saturated carbocycles. The molecule has 8 nitrogen and oxygen atoms in total. The lowest BCUT2D eigenvalue weighted by Crippen LogP contribution is -2.41. The first-order chi connectivity index (χ1) is 15.4. The third-order valence-corrected chi connectivity index (χ3v) is 5.78. The highest BCUT2D eigenvalue weighted by atomic mass is 16.5. The molecule has 0 radical (unpaired) electrons. The van der Waals surface area contributed by atoms with Crippen LogP contribution >= 0.6 is 0 Å². The number of anilines is 1. The molecule has 0 amide bonds. The summed E-state index contributed by atoms with van der Waals surface area (Å²) in [4.78, 5) is 11.3. The van der Waals surface area contributed by atoms with Crippen molar-refractivity contribution in [2.75, 3.05) is 31.2 Å². The van der Waals surface area contributed by atoms with Gasteiger partial charge in [-0.15, -0.1) is 0 Å². The molecule has 1 aromatic carbocycles. The van der Waals surface area contributed by atoms with Gasteiger partial charge in [0.25, 0.3) is 0 Å². The van der Waals surface area contributed by atoms with Crippen LogP contribution in [0, 0.1) is 11.8 Å². The summed E-state index contributed by atoms with van der Waals surface area (Å²) in [6.07, 6.45) is 6.02. The first-order valence-corrected chi connectivity index (χ1v) is 11.3. The number of fused-ring (bicyclic) bond motifs is 1. The Labute approximate surface area is 189 Å². The molecule has 1 aliphatic heterocycles. The number of morpholine rings is 1. The number of nitrogens with one attached hydrogen (secondary N) is 1. The molecule has 2 aliphatic rings. The largest absolute Gasteiger partial charge is 0.488 e. The summed E-state index contributed by atoms with van der Waals surface area (Å²) in [7, 11) is 0. The topological polar surface area (TPSA) is 100.0 Å². The zero-order valence-corrected chi connectivity index (χ0v) is 18.8. The maximum atomic E-state index is 10.1. The zero-order chi connectivity index (χ0) is 22.6. The van der Waals surface area contributed by atoms with Crippen molar-refractivity contribution in [2.45, 2.75) is 63.5 Å². The molecule has 3 N–H and O–H groups in total. The molecule has 172 valence electrons. The Hall–Kier alpha value is -2.44. The van der Waals surface area contributed by atoms with E-state index < -0.39 is 11.8 Å². The second kappa shape index (κ2) is 10.0. The molecule has 32 heavy (non-hydrogen) atoms. The van der Waals surface area contributed by atoms with Crippen LogP contribution in [0.3, 0.4) is 0 Å². The lowest BCUT2D eigenvalue weighted by Gasteiger charge is -2.31. The van der Waals surface area contributed by atoms with Crippen molar-refractivity contribution in [1.29, 1.82) is 0 Å². The Bertz CT molecular complexity index is 967. The molecule has 8 heteroatoms. The molecule has 0 spiro atoms. The number of aliphatic hydroxyl groups is 2. The fourth-order valence-corrected chi connectivity index (χ4v) is 4.16. The normalized spacial score (nSPS) is 22.8. The first-order valence-electron chi connectivity index (χ1n) is 11.3. The maximum Gasteiger partial charge on any atom is 0.168 e. The molecule has 4 rings (SSSR count). The third kappa shape index (κ3) is 6.08. The number of nitrogens with zero attached hydrogens (tertiary/aromatic N) is 3. The minimum absolute atomic E-state index is 0.0813. The van der Waals surface area contributed by atoms with Crippen molar-refractivity contribution in [1.82, 2.24) is 15.3 Å². The standard InChI is InChI=1S/C24H32N4O4/c1-24(2,30)8-7-22(29)27-17-3-5-19(6-4-17)32-21-16-18(28-11-13-31-14-12-28)15-20-23(21)26-10-9-25-20/h9-10,15-17,19,22,27,29-30H,3-6,11-14H2,1-2H3/t17-,19+,22?.